The molecule has 1 fully saturated rings. The lowest BCUT2D eigenvalue weighted by Gasteiger charge is -2.25. The Morgan fingerprint density at radius 1 is 1.40 bits per heavy atom. The summed E-state index contributed by atoms with van der Waals surface area (Å²) < 4.78 is 5.54. The lowest BCUT2D eigenvalue weighted by Crippen LogP contribution is -2.35. The first kappa shape index (κ1) is 14.6. The molecule has 0 saturated carbocycles. The predicted octanol–water partition coefficient (Wildman–Crippen LogP) is 2.55. The maximum Gasteiger partial charge on any atom is 0.311 e. The number of rotatable bonds is 5. The van der Waals surface area contributed by atoms with Crippen molar-refractivity contribution in [2.75, 3.05) is 18.4 Å². The van der Waals surface area contributed by atoms with Crippen molar-refractivity contribution in [2.24, 2.45) is 0 Å². The molecule has 2 rings (SSSR count). The lowest BCUT2D eigenvalue weighted by atomic mass is 10.1. The van der Waals surface area contributed by atoms with Crippen molar-refractivity contribution in [1.29, 1.82) is 0 Å². The maximum absolute atomic E-state index is 11.0. The van der Waals surface area contributed by atoms with Crippen LogP contribution in [0, 0.1) is 10.1 Å². The number of nitrogens with one attached hydrogen (secondary N) is 2. The van der Waals surface area contributed by atoms with Crippen LogP contribution in [0.2, 0.25) is 0 Å². The molecular weight excluding hydrogens is 258 g/mol. The number of ether oxygens (including phenoxy) is 1. The minimum Gasteiger partial charge on any atom is -0.484 e. The second-order valence-corrected chi connectivity index (χ2v) is 5.27. The van der Waals surface area contributed by atoms with Gasteiger partial charge in [0, 0.05) is 23.9 Å². The molecule has 0 amide bonds. The molecule has 2 N–H and O–H groups in total. The first-order chi connectivity index (χ1) is 9.56. The van der Waals surface area contributed by atoms with E-state index in [-0.39, 0.29) is 11.8 Å². The molecule has 1 aromatic carbocycles. The molecular formula is C14H21N3O3. The summed E-state index contributed by atoms with van der Waals surface area (Å²) in [5, 5.41) is 17.7. The Kier molecular flexibility index (Phi) is 4.79. The standard InChI is InChI=1S/C14H21N3O3/c1-10(2)20-14-9-12(3-4-13(14)17(18)19)16-11-5-7-15-8-6-11/h3-4,9-11,15-16H,5-8H2,1-2H3. The first-order valence-electron chi connectivity index (χ1n) is 6.98. The Hall–Kier alpha value is -1.82. The van der Waals surface area contributed by atoms with Gasteiger partial charge in [-0.25, -0.2) is 0 Å². The average Bonchev–Trinajstić information content (AvgIpc) is 2.39. The molecule has 1 saturated heterocycles. The van der Waals surface area contributed by atoms with E-state index in [1.54, 1.807) is 12.1 Å². The molecule has 0 bridgehead atoms. The minimum atomic E-state index is -0.411. The van der Waals surface area contributed by atoms with Crippen LogP contribution < -0.4 is 15.4 Å². The quantitative estimate of drug-likeness (QED) is 0.640. The Labute approximate surface area is 118 Å². The topological polar surface area (TPSA) is 76.4 Å². The number of nitro groups is 1. The van der Waals surface area contributed by atoms with Crippen molar-refractivity contribution in [2.45, 2.75) is 38.8 Å². The number of anilines is 1. The Balaban J connectivity index is 2.15. The molecule has 1 aliphatic rings. The van der Waals surface area contributed by atoms with Gasteiger partial charge in [0.1, 0.15) is 0 Å². The van der Waals surface area contributed by atoms with Crippen molar-refractivity contribution in [1.82, 2.24) is 5.32 Å². The molecule has 0 atom stereocenters. The zero-order valence-electron chi connectivity index (χ0n) is 11.9. The van der Waals surface area contributed by atoms with Crippen molar-refractivity contribution < 1.29 is 9.66 Å². The SMILES string of the molecule is CC(C)Oc1cc(NC2CCNCC2)ccc1[N+](=O)[O-]. The van der Waals surface area contributed by atoms with Crippen LogP contribution in [0.3, 0.4) is 0 Å². The van der Waals surface area contributed by atoms with E-state index >= 15 is 0 Å². The second-order valence-electron chi connectivity index (χ2n) is 5.27. The lowest BCUT2D eigenvalue weighted by molar-refractivity contribution is -0.386. The van der Waals surface area contributed by atoms with Crippen LogP contribution in [0.15, 0.2) is 18.2 Å². The van der Waals surface area contributed by atoms with Gasteiger partial charge in [-0.3, -0.25) is 10.1 Å². The van der Waals surface area contributed by atoms with E-state index in [1.807, 2.05) is 13.8 Å². The van der Waals surface area contributed by atoms with Crippen molar-refractivity contribution >= 4 is 11.4 Å². The minimum absolute atomic E-state index is 0.00885. The summed E-state index contributed by atoms with van der Waals surface area (Å²) in [5.74, 6) is 0.323. The van der Waals surface area contributed by atoms with Gasteiger partial charge >= 0.3 is 5.69 Å². The van der Waals surface area contributed by atoms with Crippen molar-refractivity contribution in [3.63, 3.8) is 0 Å². The number of nitro benzene ring substituents is 1. The molecule has 0 unspecified atom stereocenters. The number of nitrogens with zero attached hydrogens (tertiary/aromatic N) is 1. The Morgan fingerprint density at radius 2 is 2.10 bits per heavy atom. The fraction of sp³-hybridized carbons (Fsp3) is 0.571. The molecule has 6 nitrogen and oxygen atoms in total. The van der Waals surface area contributed by atoms with Crippen LogP contribution in [0.1, 0.15) is 26.7 Å². The molecule has 1 aromatic rings. The van der Waals surface area contributed by atoms with E-state index in [4.69, 9.17) is 4.74 Å². The summed E-state index contributed by atoms with van der Waals surface area (Å²) in [5.41, 5.74) is 0.882. The smallest absolute Gasteiger partial charge is 0.311 e. The van der Waals surface area contributed by atoms with E-state index in [2.05, 4.69) is 10.6 Å². The third-order valence-electron chi connectivity index (χ3n) is 3.23. The van der Waals surface area contributed by atoms with Gasteiger partial charge in [0.2, 0.25) is 0 Å². The van der Waals surface area contributed by atoms with Gasteiger partial charge in [-0.2, -0.15) is 0 Å². The largest absolute Gasteiger partial charge is 0.484 e. The average molecular weight is 279 g/mol. The highest BCUT2D eigenvalue weighted by Crippen LogP contribution is 2.31. The summed E-state index contributed by atoms with van der Waals surface area (Å²) in [6.45, 7) is 5.72. The maximum atomic E-state index is 11.0. The van der Waals surface area contributed by atoms with Gasteiger partial charge in [-0.1, -0.05) is 0 Å². The molecule has 0 radical (unpaired) electrons. The molecule has 0 aliphatic carbocycles. The van der Waals surface area contributed by atoms with Crippen LogP contribution >= 0.6 is 0 Å². The third kappa shape index (κ3) is 3.84. The zero-order valence-corrected chi connectivity index (χ0v) is 11.9. The highest BCUT2D eigenvalue weighted by Gasteiger charge is 2.18. The number of piperidine rings is 1. The van der Waals surface area contributed by atoms with E-state index in [1.165, 1.54) is 6.07 Å². The molecule has 1 aliphatic heterocycles. The van der Waals surface area contributed by atoms with Crippen molar-refractivity contribution in [3.05, 3.63) is 28.3 Å². The van der Waals surface area contributed by atoms with Gasteiger partial charge < -0.3 is 15.4 Å². The number of benzene rings is 1. The van der Waals surface area contributed by atoms with Gasteiger partial charge in [0.05, 0.1) is 11.0 Å². The summed E-state index contributed by atoms with van der Waals surface area (Å²) in [4.78, 5) is 10.6. The number of hydrogen-bond donors (Lipinski definition) is 2. The Bertz CT molecular complexity index is 471. The van der Waals surface area contributed by atoms with Crippen LogP contribution in [-0.4, -0.2) is 30.2 Å². The highest BCUT2D eigenvalue weighted by atomic mass is 16.6. The third-order valence-corrected chi connectivity index (χ3v) is 3.23. The number of hydrogen-bond acceptors (Lipinski definition) is 5. The first-order valence-corrected chi connectivity index (χ1v) is 6.98. The molecule has 110 valence electrons. The van der Waals surface area contributed by atoms with E-state index in [0.29, 0.717) is 11.8 Å². The normalized spacial score (nSPS) is 16.1. The molecule has 20 heavy (non-hydrogen) atoms. The van der Waals surface area contributed by atoms with Crippen LogP contribution in [0.5, 0.6) is 5.75 Å². The predicted molar refractivity (Wildman–Crippen MR) is 78.4 cm³/mol. The van der Waals surface area contributed by atoms with Gasteiger partial charge in [-0.05, 0) is 45.8 Å². The molecule has 6 heteroatoms. The zero-order chi connectivity index (χ0) is 14.5. The van der Waals surface area contributed by atoms with Gasteiger partial charge in [-0.15, -0.1) is 0 Å². The van der Waals surface area contributed by atoms with Gasteiger partial charge in [0.15, 0.2) is 5.75 Å². The molecule has 1 heterocycles. The van der Waals surface area contributed by atoms with Crippen LogP contribution in [-0.2, 0) is 0 Å². The van der Waals surface area contributed by atoms with Gasteiger partial charge in [0.25, 0.3) is 0 Å². The highest BCUT2D eigenvalue weighted by molar-refractivity contribution is 5.58. The summed E-state index contributed by atoms with van der Waals surface area (Å²) in [6, 6.07) is 5.37. The molecule has 0 spiro atoms. The second kappa shape index (κ2) is 6.56. The fourth-order valence-electron chi connectivity index (χ4n) is 2.31. The van der Waals surface area contributed by atoms with E-state index < -0.39 is 4.92 Å². The van der Waals surface area contributed by atoms with Crippen LogP contribution in [0.4, 0.5) is 11.4 Å². The summed E-state index contributed by atoms with van der Waals surface area (Å²) in [6.07, 6.45) is 2.01. The fourth-order valence-corrected chi connectivity index (χ4v) is 2.31. The molecule has 0 aromatic heterocycles. The monoisotopic (exact) mass is 279 g/mol. The summed E-state index contributed by atoms with van der Waals surface area (Å²) >= 11 is 0. The summed E-state index contributed by atoms with van der Waals surface area (Å²) in [7, 11) is 0. The van der Waals surface area contributed by atoms with Crippen molar-refractivity contribution in [3.8, 4) is 5.75 Å². The Morgan fingerprint density at radius 3 is 2.70 bits per heavy atom. The van der Waals surface area contributed by atoms with E-state index in [9.17, 15) is 10.1 Å². The van der Waals surface area contributed by atoms with Crippen LogP contribution in [0.25, 0.3) is 0 Å². The van der Waals surface area contributed by atoms with E-state index in [0.717, 1.165) is 31.6 Å².